The van der Waals surface area contributed by atoms with Crippen molar-refractivity contribution in [2.24, 2.45) is 17.8 Å². The lowest BCUT2D eigenvalue weighted by Gasteiger charge is -2.44. The molecule has 2 aliphatic rings. The van der Waals surface area contributed by atoms with Gasteiger partial charge in [-0.1, -0.05) is 131 Å². The van der Waals surface area contributed by atoms with Crippen LogP contribution in [0.2, 0.25) is 5.04 Å². The number of phenols is 1. The Morgan fingerprint density at radius 2 is 1.52 bits per heavy atom. The van der Waals surface area contributed by atoms with Crippen molar-refractivity contribution in [2.75, 3.05) is 19.8 Å². The van der Waals surface area contributed by atoms with E-state index >= 15 is 0 Å². The van der Waals surface area contributed by atoms with Crippen LogP contribution in [0.5, 0.6) is 5.75 Å². The predicted molar refractivity (Wildman–Crippen MR) is 222 cm³/mol. The van der Waals surface area contributed by atoms with Crippen LogP contribution in [0.15, 0.2) is 102 Å². The van der Waals surface area contributed by atoms with E-state index in [0.717, 1.165) is 34.4 Å². The number of carboxylic acid groups (broad SMARTS) is 1. The van der Waals surface area contributed by atoms with E-state index in [1.54, 1.807) is 12.1 Å². The van der Waals surface area contributed by atoms with E-state index in [4.69, 9.17) is 9.53 Å². The van der Waals surface area contributed by atoms with Crippen LogP contribution >= 0.6 is 0 Å². The van der Waals surface area contributed by atoms with Crippen molar-refractivity contribution in [3.63, 3.8) is 0 Å². The normalized spacial score (nSPS) is 19.7. The van der Waals surface area contributed by atoms with Crippen LogP contribution in [-0.2, 0) is 18.8 Å². The molecule has 2 amide bonds. The van der Waals surface area contributed by atoms with Gasteiger partial charge in [-0.2, -0.15) is 0 Å². The van der Waals surface area contributed by atoms with Gasteiger partial charge in [0.1, 0.15) is 5.75 Å². The fourth-order valence-electron chi connectivity index (χ4n) is 8.95. The lowest BCUT2D eigenvalue weighted by molar-refractivity contribution is -0.141. The molecule has 1 aliphatic heterocycles. The third kappa shape index (κ3) is 9.43. The molecule has 1 fully saturated rings. The molecule has 0 aromatic heterocycles. The summed E-state index contributed by atoms with van der Waals surface area (Å²) in [5.41, 5.74) is 3.09. The van der Waals surface area contributed by atoms with Gasteiger partial charge in [-0.25, -0.2) is 0 Å². The first kappa shape index (κ1) is 42.8. The number of carbonyl (C=O) groups is 3. The average molecular weight is 782 g/mol. The fraction of sp³-hybridized carbons (Fsp3) is 0.457. The summed E-state index contributed by atoms with van der Waals surface area (Å²) >= 11 is 0. The molecule has 10 heteroatoms. The summed E-state index contributed by atoms with van der Waals surface area (Å²) in [5, 5.41) is 44.7. The second-order valence-electron chi connectivity index (χ2n) is 16.3. The molecular formula is C46H59NO8Si. The van der Waals surface area contributed by atoms with Crippen molar-refractivity contribution in [2.45, 2.75) is 96.6 Å². The Kier molecular flexibility index (Phi) is 14.7. The van der Waals surface area contributed by atoms with Crippen LogP contribution in [0.3, 0.4) is 0 Å². The minimum atomic E-state index is -3.05. The molecule has 0 spiro atoms. The zero-order chi connectivity index (χ0) is 40.5. The number of carboxylic acids is 1. The molecular weight excluding hydrogens is 723 g/mol. The van der Waals surface area contributed by atoms with Gasteiger partial charge in [0.15, 0.2) is 0 Å². The third-order valence-electron chi connectivity index (χ3n) is 11.6. The monoisotopic (exact) mass is 781 g/mol. The number of nitrogens with zero attached hydrogens (tertiary/aromatic N) is 1. The Labute approximate surface area is 332 Å². The van der Waals surface area contributed by atoms with Gasteiger partial charge < -0.3 is 24.9 Å². The number of carbonyl (C=O) groups excluding carboxylic acids is 2. The summed E-state index contributed by atoms with van der Waals surface area (Å²) in [6.07, 6.45) is 5.21. The molecule has 300 valence electrons. The summed E-state index contributed by atoms with van der Waals surface area (Å²) in [7, 11) is -3.05. The maximum atomic E-state index is 14.1. The molecule has 1 aliphatic carbocycles. The second-order valence-corrected chi connectivity index (χ2v) is 20.6. The number of imide groups is 1. The van der Waals surface area contributed by atoms with E-state index in [1.807, 2.05) is 54.6 Å². The molecule has 1 saturated heterocycles. The van der Waals surface area contributed by atoms with Crippen LogP contribution in [0.25, 0.3) is 6.08 Å². The highest BCUT2D eigenvalue weighted by atomic mass is 28.4. The number of aromatic hydroxyl groups is 1. The summed E-state index contributed by atoms with van der Waals surface area (Å²) in [6, 6.07) is 27.7. The first-order chi connectivity index (χ1) is 26.8. The van der Waals surface area contributed by atoms with Gasteiger partial charge in [0, 0.05) is 24.4 Å². The molecule has 0 saturated carbocycles. The van der Waals surface area contributed by atoms with Crippen molar-refractivity contribution in [1.29, 1.82) is 0 Å². The quantitative estimate of drug-likeness (QED) is 0.0448. The molecule has 9 nitrogen and oxygen atoms in total. The second kappa shape index (κ2) is 19.2. The summed E-state index contributed by atoms with van der Waals surface area (Å²) in [6.45, 7) is 8.54. The number of phenolic OH excluding ortho intramolecular Hbond substituents is 1. The van der Waals surface area contributed by atoms with Crippen LogP contribution in [0.4, 0.5) is 0 Å². The number of allylic oxidation sites excluding steroid dienone is 1. The highest BCUT2D eigenvalue weighted by molar-refractivity contribution is 6.99. The average Bonchev–Trinajstić information content (AvgIpc) is 3.41. The third-order valence-corrected chi connectivity index (χ3v) is 16.6. The number of aliphatic hydroxyl groups excluding tert-OH is 2. The lowest BCUT2D eigenvalue weighted by Crippen LogP contribution is -2.66. The van der Waals surface area contributed by atoms with E-state index in [1.165, 1.54) is 4.90 Å². The topological polar surface area (TPSA) is 145 Å². The Morgan fingerprint density at radius 1 is 0.893 bits per heavy atom. The zero-order valence-electron chi connectivity index (χ0n) is 33.3. The van der Waals surface area contributed by atoms with Gasteiger partial charge in [-0.15, -0.1) is 0 Å². The van der Waals surface area contributed by atoms with Crippen molar-refractivity contribution >= 4 is 42.6 Å². The van der Waals surface area contributed by atoms with Crippen LogP contribution in [-0.4, -0.2) is 77.3 Å². The number of hydrogen-bond donors (Lipinski definition) is 4. The largest absolute Gasteiger partial charge is 0.507 e. The van der Waals surface area contributed by atoms with Crippen molar-refractivity contribution in [3.8, 4) is 5.75 Å². The highest BCUT2D eigenvalue weighted by Crippen LogP contribution is 2.47. The smallest absolute Gasteiger partial charge is 0.303 e. The SMILES string of the molecule is CCC/C(=C\c1ccccc1O)CC[C@@H](O)C1=C(CO[Si](c2ccccc2)(c2ccccc2)C(C)(C)C)C[C@H]2C(=O)N(CCCCCC(=O)O)C(=O)[C@H]2[C@H]1CO. The molecule has 0 unspecified atom stereocenters. The molecule has 5 rings (SSSR count). The Balaban J connectivity index is 1.54. The van der Waals surface area contributed by atoms with E-state index in [9.17, 15) is 29.7 Å². The van der Waals surface area contributed by atoms with Crippen LogP contribution in [0.1, 0.15) is 91.0 Å². The van der Waals surface area contributed by atoms with Crippen molar-refractivity contribution in [3.05, 3.63) is 107 Å². The highest BCUT2D eigenvalue weighted by Gasteiger charge is 2.56. The first-order valence-corrected chi connectivity index (χ1v) is 22.0. The minimum Gasteiger partial charge on any atom is -0.507 e. The van der Waals surface area contributed by atoms with Crippen molar-refractivity contribution in [1.82, 2.24) is 4.90 Å². The van der Waals surface area contributed by atoms with E-state index in [2.05, 4.69) is 52.0 Å². The summed E-state index contributed by atoms with van der Waals surface area (Å²) in [4.78, 5) is 40.5. The van der Waals surface area contributed by atoms with Crippen LogP contribution < -0.4 is 10.4 Å². The Bertz CT molecular complexity index is 1830. The van der Waals surface area contributed by atoms with Crippen LogP contribution in [0, 0.1) is 17.8 Å². The Hall–Kier alpha value is -4.35. The number of aliphatic hydroxyl groups is 2. The lowest BCUT2D eigenvalue weighted by atomic mass is 9.68. The molecule has 4 N–H and O–H groups in total. The number of rotatable bonds is 19. The standard InChI is InChI=1S/C46H59NO8Si/c1-5-17-32(28-33-18-14-15-23-39(33)49)25-26-40(50)42-34(29-37-43(38(42)30-48)45(54)47(44(37)53)27-16-8-13-24-41(51)52)31-55-56(46(2,3)4,35-19-9-6-10-20-35)36-21-11-7-12-22-36/h6-7,9-12,14-15,18-23,28,37-38,40,43,48-50H,5,8,13,16-17,24-27,29-31H2,1-4H3,(H,51,52)/b32-28+/t37-,38+,40-,43-/m1/s1. The van der Waals surface area contributed by atoms with Gasteiger partial charge in [0.05, 0.1) is 31.2 Å². The molecule has 0 radical (unpaired) electrons. The number of unbranched alkanes of at least 4 members (excludes halogenated alkanes) is 2. The van der Waals surface area contributed by atoms with Gasteiger partial charge in [-0.3, -0.25) is 19.3 Å². The fourth-order valence-corrected chi connectivity index (χ4v) is 13.5. The predicted octanol–water partition coefficient (Wildman–Crippen LogP) is 6.85. The molecule has 3 aromatic rings. The minimum absolute atomic E-state index is 0.0290. The maximum Gasteiger partial charge on any atom is 0.303 e. The first-order valence-electron chi connectivity index (χ1n) is 20.1. The number of para-hydroxylation sites is 1. The van der Waals surface area contributed by atoms with Gasteiger partial charge >= 0.3 is 5.97 Å². The number of benzene rings is 3. The number of likely N-dealkylation sites (tertiary alicyclic amines) is 1. The molecule has 56 heavy (non-hydrogen) atoms. The number of hydrogen-bond acceptors (Lipinski definition) is 7. The number of fused-ring (bicyclic) bond motifs is 1. The maximum absolute atomic E-state index is 14.1. The van der Waals surface area contributed by atoms with E-state index in [-0.39, 0.29) is 48.6 Å². The number of aliphatic carboxylic acids is 1. The molecule has 1 heterocycles. The molecule has 0 bridgehead atoms. The van der Waals surface area contributed by atoms with E-state index in [0.29, 0.717) is 43.2 Å². The van der Waals surface area contributed by atoms with Gasteiger partial charge in [0.25, 0.3) is 8.32 Å². The van der Waals surface area contributed by atoms with E-state index < -0.39 is 44.8 Å². The Morgan fingerprint density at radius 3 is 2.09 bits per heavy atom. The number of amides is 2. The summed E-state index contributed by atoms with van der Waals surface area (Å²) < 4.78 is 7.38. The zero-order valence-corrected chi connectivity index (χ0v) is 34.3. The molecule has 3 aromatic carbocycles. The van der Waals surface area contributed by atoms with Gasteiger partial charge in [0.2, 0.25) is 11.8 Å². The summed E-state index contributed by atoms with van der Waals surface area (Å²) in [5.74, 6) is -3.64. The van der Waals surface area contributed by atoms with Gasteiger partial charge in [-0.05, 0) is 71.1 Å². The molecule has 4 atom stereocenters. The van der Waals surface area contributed by atoms with Crippen molar-refractivity contribution < 1.29 is 39.2 Å².